The van der Waals surface area contributed by atoms with E-state index in [1.165, 1.54) is 6.26 Å². The lowest BCUT2D eigenvalue weighted by Crippen LogP contribution is -2.50. The molecule has 3 heterocycles. The maximum Gasteiger partial charge on any atom is 0.276 e. The molecule has 1 amide bonds. The molecule has 0 spiro atoms. The van der Waals surface area contributed by atoms with Crippen LogP contribution in [0.3, 0.4) is 0 Å². The van der Waals surface area contributed by atoms with E-state index in [-0.39, 0.29) is 18.2 Å². The maximum atomic E-state index is 12.7. The molecule has 4 rings (SSSR count). The molecule has 0 saturated carbocycles. The van der Waals surface area contributed by atoms with Gasteiger partial charge in [0.05, 0.1) is 12.8 Å². The van der Waals surface area contributed by atoms with Crippen LogP contribution in [0.2, 0.25) is 0 Å². The van der Waals surface area contributed by atoms with Crippen LogP contribution in [0.25, 0.3) is 11.3 Å². The number of hydrogen-bond donors (Lipinski definition) is 0. The molecule has 0 unspecified atom stereocenters. The van der Waals surface area contributed by atoms with Crippen LogP contribution in [0, 0.1) is 0 Å². The van der Waals surface area contributed by atoms with Crippen molar-refractivity contribution in [3.63, 3.8) is 0 Å². The molecular formula is C20H19N3O4. The number of hydrogen-bond acceptors (Lipinski definition) is 6. The van der Waals surface area contributed by atoms with Crippen molar-refractivity contribution in [2.45, 2.75) is 0 Å². The molecule has 0 N–H and O–H groups in total. The van der Waals surface area contributed by atoms with Gasteiger partial charge in [0.15, 0.2) is 17.2 Å². The van der Waals surface area contributed by atoms with Crippen LogP contribution < -0.4 is 0 Å². The second kappa shape index (κ2) is 7.59. The van der Waals surface area contributed by atoms with Crippen molar-refractivity contribution in [3.8, 4) is 11.3 Å². The van der Waals surface area contributed by atoms with Crippen molar-refractivity contribution >= 4 is 11.7 Å². The number of rotatable bonds is 5. The van der Waals surface area contributed by atoms with Crippen molar-refractivity contribution in [2.24, 2.45) is 0 Å². The zero-order valence-electron chi connectivity index (χ0n) is 14.7. The summed E-state index contributed by atoms with van der Waals surface area (Å²) in [6.45, 7) is 2.62. The molecule has 7 nitrogen and oxygen atoms in total. The van der Waals surface area contributed by atoms with Gasteiger partial charge in [-0.1, -0.05) is 35.5 Å². The minimum Gasteiger partial charge on any atom is -0.461 e. The van der Waals surface area contributed by atoms with E-state index < -0.39 is 0 Å². The highest BCUT2D eigenvalue weighted by Crippen LogP contribution is 2.20. The van der Waals surface area contributed by atoms with E-state index in [1.807, 2.05) is 35.2 Å². The largest absolute Gasteiger partial charge is 0.461 e. The Morgan fingerprint density at radius 2 is 1.78 bits per heavy atom. The number of ketones is 1. The van der Waals surface area contributed by atoms with Crippen molar-refractivity contribution in [3.05, 3.63) is 66.2 Å². The number of Topliss-reactive ketones (excluding diaryl/α,β-unsaturated/α-hetero) is 1. The summed E-state index contributed by atoms with van der Waals surface area (Å²) in [5, 5.41) is 3.92. The molecule has 0 bridgehead atoms. The topological polar surface area (TPSA) is 79.8 Å². The molecular weight excluding hydrogens is 346 g/mol. The van der Waals surface area contributed by atoms with Crippen LogP contribution in [0.5, 0.6) is 0 Å². The Balaban J connectivity index is 1.34. The summed E-state index contributed by atoms with van der Waals surface area (Å²) in [4.78, 5) is 28.5. The van der Waals surface area contributed by atoms with Gasteiger partial charge in [-0.3, -0.25) is 14.5 Å². The quantitative estimate of drug-likeness (QED) is 0.647. The van der Waals surface area contributed by atoms with Crippen LogP contribution >= 0.6 is 0 Å². The Morgan fingerprint density at radius 1 is 1.00 bits per heavy atom. The second-order valence-electron chi connectivity index (χ2n) is 6.41. The highest BCUT2D eigenvalue weighted by Gasteiger charge is 2.26. The lowest BCUT2D eigenvalue weighted by molar-refractivity contribution is 0.0611. The maximum absolute atomic E-state index is 12.7. The minimum absolute atomic E-state index is 0.0521. The Morgan fingerprint density at radius 3 is 2.48 bits per heavy atom. The van der Waals surface area contributed by atoms with Gasteiger partial charge in [0.25, 0.3) is 5.91 Å². The lowest BCUT2D eigenvalue weighted by atomic mass is 10.1. The fraction of sp³-hybridized carbons (Fsp3) is 0.250. The summed E-state index contributed by atoms with van der Waals surface area (Å²) in [6, 6.07) is 14.6. The molecule has 1 saturated heterocycles. The predicted octanol–water partition coefficient (Wildman–Crippen LogP) is 2.58. The highest BCUT2D eigenvalue weighted by molar-refractivity contribution is 5.95. The van der Waals surface area contributed by atoms with E-state index in [0.29, 0.717) is 43.4 Å². The first kappa shape index (κ1) is 17.2. The van der Waals surface area contributed by atoms with E-state index in [0.717, 1.165) is 5.56 Å². The first-order chi connectivity index (χ1) is 13.2. The number of amides is 1. The molecule has 138 valence electrons. The molecule has 27 heavy (non-hydrogen) atoms. The fourth-order valence-corrected chi connectivity index (χ4v) is 3.10. The zero-order chi connectivity index (χ0) is 18.6. The number of nitrogens with zero attached hydrogens (tertiary/aromatic N) is 3. The van der Waals surface area contributed by atoms with Gasteiger partial charge in [-0.15, -0.1) is 0 Å². The summed E-state index contributed by atoms with van der Waals surface area (Å²) in [5.74, 6) is 0.730. The normalized spacial score (nSPS) is 15.0. The van der Waals surface area contributed by atoms with Crippen molar-refractivity contribution in [1.82, 2.24) is 15.0 Å². The molecule has 0 radical (unpaired) electrons. The van der Waals surface area contributed by atoms with Crippen LogP contribution in [0.1, 0.15) is 21.0 Å². The summed E-state index contributed by atoms with van der Waals surface area (Å²) in [5.41, 5.74) is 1.18. The van der Waals surface area contributed by atoms with Crippen molar-refractivity contribution in [1.29, 1.82) is 0 Å². The molecule has 2 aromatic heterocycles. The Bertz CT molecular complexity index is 910. The third-order valence-electron chi connectivity index (χ3n) is 4.61. The number of carbonyl (C=O) groups excluding carboxylic acids is 2. The number of benzene rings is 1. The third kappa shape index (κ3) is 3.83. The number of piperazine rings is 1. The van der Waals surface area contributed by atoms with E-state index in [1.54, 1.807) is 23.1 Å². The molecule has 0 aliphatic carbocycles. The van der Waals surface area contributed by atoms with Gasteiger partial charge in [-0.05, 0) is 12.1 Å². The monoisotopic (exact) mass is 365 g/mol. The summed E-state index contributed by atoms with van der Waals surface area (Å²) >= 11 is 0. The predicted molar refractivity (Wildman–Crippen MR) is 97.3 cm³/mol. The van der Waals surface area contributed by atoms with Gasteiger partial charge in [-0.2, -0.15) is 0 Å². The van der Waals surface area contributed by atoms with Crippen molar-refractivity contribution in [2.75, 3.05) is 32.7 Å². The smallest absolute Gasteiger partial charge is 0.276 e. The van der Waals surface area contributed by atoms with E-state index >= 15 is 0 Å². The summed E-state index contributed by atoms with van der Waals surface area (Å²) in [7, 11) is 0. The van der Waals surface area contributed by atoms with Crippen LogP contribution in [0.15, 0.2) is 63.7 Å². The minimum atomic E-state index is -0.155. The summed E-state index contributed by atoms with van der Waals surface area (Å²) in [6.07, 6.45) is 1.49. The molecule has 0 atom stereocenters. The van der Waals surface area contributed by atoms with E-state index in [2.05, 4.69) is 5.16 Å². The van der Waals surface area contributed by atoms with Gasteiger partial charge < -0.3 is 13.8 Å². The SMILES string of the molecule is O=C(CN1CCN(C(=O)c2cc(-c3ccccc3)on2)CC1)c1ccco1. The Labute approximate surface area is 156 Å². The lowest BCUT2D eigenvalue weighted by Gasteiger charge is -2.33. The molecule has 7 heteroatoms. The highest BCUT2D eigenvalue weighted by atomic mass is 16.5. The average Bonchev–Trinajstić information content (AvgIpc) is 3.41. The summed E-state index contributed by atoms with van der Waals surface area (Å²) < 4.78 is 10.4. The van der Waals surface area contributed by atoms with Crippen LogP contribution in [0.4, 0.5) is 0 Å². The molecule has 1 fully saturated rings. The van der Waals surface area contributed by atoms with Crippen LogP contribution in [-0.4, -0.2) is 59.4 Å². The van der Waals surface area contributed by atoms with E-state index in [4.69, 9.17) is 8.94 Å². The van der Waals surface area contributed by atoms with Gasteiger partial charge in [0.1, 0.15) is 0 Å². The third-order valence-corrected chi connectivity index (χ3v) is 4.61. The Kier molecular flexibility index (Phi) is 4.84. The number of aromatic nitrogens is 1. The molecule has 1 aromatic carbocycles. The van der Waals surface area contributed by atoms with Gasteiger partial charge >= 0.3 is 0 Å². The van der Waals surface area contributed by atoms with Gasteiger partial charge in [-0.25, -0.2) is 0 Å². The number of furan rings is 1. The average molecular weight is 365 g/mol. The second-order valence-corrected chi connectivity index (χ2v) is 6.41. The van der Waals surface area contributed by atoms with Gasteiger partial charge in [0.2, 0.25) is 5.78 Å². The standard InChI is InChI=1S/C20H19N3O4/c24-17(18-7-4-12-26-18)14-22-8-10-23(11-9-22)20(25)16-13-19(27-21-16)15-5-2-1-3-6-15/h1-7,12-13H,8-11,14H2. The zero-order valence-corrected chi connectivity index (χ0v) is 14.7. The number of carbonyl (C=O) groups is 2. The molecule has 1 aliphatic rings. The van der Waals surface area contributed by atoms with Crippen molar-refractivity contribution < 1.29 is 18.5 Å². The van der Waals surface area contributed by atoms with Gasteiger partial charge in [0, 0.05) is 37.8 Å². The fourth-order valence-electron chi connectivity index (χ4n) is 3.10. The molecule has 1 aliphatic heterocycles. The first-order valence-electron chi connectivity index (χ1n) is 8.81. The molecule has 3 aromatic rings. The Hall–Kier alpha value is -3.19. The van der Waals surface area contributed by atoms with Crippen LogP contribution in [-0.2, 0) is 0 Å². The van der Waals surface area contributed by atoms with E-state index in [9.17, 15) is 9.59 Å². The first-order valence-corrected chi connectivity index (χ1v) is 8.81.